The van der Waals surface area contributed by atoms with E-state index in [1.165, 1.54) is 35.5 Å². The van der Waals surface area contributed by atoms with E-state index in [2.05, 4.69) is 0 Å². The average molecular weight is 366 g/mol. The molecule has 7 heteroatoms. The molecule has 0 bridgehead atoms. The second-order valence-corrected chi connectivity index (χ2v) is 9.32. The Morgan fingerprint density at radius 3 is 2.08 bits per heavy atom. The monoisotopic (exact) mass is 366 g/mol. The van der Waals surface area contributed by atoms with Gasteiger partial charge in [0.2, 0.25) is 15.9 Å². The van der Waals surface area contributed by atoms with E-state index in [0.29, 0.717) is 31.6 Å². The largest absolute Gasteiger partial charge is 0.341 e. The number of carbonyl (C=O) groups is 2. The smallest absolute Gasteiger partial charge is 0.243 e. The van der Waals surface area contributed by atoms with E-state index in [4.69, 9.17) is 0 Å². The van der Waals surface area contributed by atoms with Crippen LogP contribution in [-0.4, -0.2) is 55.5 Å². The van der Waals surface area contributed by atoms with Crippen LogP contribution in [0.15, 0.2) is 29.2 Å². The summed E-state index contributed by atoms with van der Waals surface area (Å²) >= 11 is 0. The van der Waals surface area contributed by atoms with Crippen molar-refractivity contribution >= 4 is 21.7 Å². The van der Waals surface area contributed by atoms with Crippen LogP contribution in [-0.2, 0) is 14.8 Å². The van der Waals surface area contributed by atoms with Crippen molar-refractivity contribution in [2.45, 2.75) is 39.0 Å². The van der Waals surface area contributed by atoms with Gasteiger partial charge in [-0.25, -0.2) is 8.42 Å². The average Bonchev–Trinajstić information content (AvgIpc) is 2.79. The summed E-state index contributed by atoms with van der Waals surface area (Å²) < 4.78 is 27.1. The molecule has 1 saturated heterocycles. The zero-order chi connectivity index (χ0) is 18.8. The van der Waals surface area contributed by atoms with Gasteiger partial charge in [-0.15, -0.1) is 0 Å². The lowest BCUT2D eigenvalue weighted by Gasteiger charge is -2.28. The molecule has 1 fully saturated rings. The summed E-state index contributed by atoms with van der Waals surface area (Å²) in [6.07, 6.45) is 0.604. The molecule has 0 spiro atoms. The van der Waals surface area contributed by atoms with Crippen LogP contribution in [0, 0.1) is 5.41 Å². The number of amides is 1. The van der Waals surface area contributed by atoms with Crippen molar-refractivity contribution in [3.8, 4) is 0 Å². The Morgan fingerprint density at radius 1 is 0.960 bits per heavy atom. The second kappa shape index (κ2) is 7.25. The molecule has 6 nitrogen and oxygen atoms in total. The number of nitrogens with zero attached hydrogens (tertiary/aromatic N) is 2. The van der Waals surface area contributed by atoms with Crippen molar-refractivity contribution < 1.29 is 18.0 Å². The van der Waals surface area contributed by atoms with Crippen molar-refractivity contribution in [2.75, 3.05) is 26.2 Å². The lowest BCUT2D eigenvalue weighted by atomic mass is 9.94. The molecule has 1 aromatic carbocycles. The molecule has 1 amide bonds. The minimum Gasteiger partial charge on any atom is -0.341 e. The summed E-state index contributed by atoms with van der Waals surface area (Å²) in [5.74, 6) is -0.0624. The molecule has 1 aromatic rings. The number of carbonyl (C=O) groups excluding carboxylic acids is 2. The number of ketones is 1. The number of benzene rings is 1. The Hall–Kier alpha value is -1.73. The van der Waals surface area contributed by atoms with Gasteiger partial charge in [-0.1, -0.05) is 32.9 Å². The first-order chi connectivity index (χ1) is 11.5. The van der Waals surface area contributed by atoms with Crippen molar-refractivity contribution in [1.29, 1.82) is 0 Å². The summed E-state index contributed by atoms with van der Waals surface area (Å²) in [4.78, 5) is 25.7. The highest BCUT2D eigenvalue weighted by molar-refractivity contribution is 7.89. The number of sulfonamides is 1. The fraction of sp³-hybridized carbons (Fsp3) is 0.556. The predicted molar refractivity (Wildman–Crippen MR) is 95.9 cm³/mol. The molecule has 0 aromatic heterocycles. The first-order valence-corrected chi connectivity index (χ1v) is 9.88. The fourth-order valence-corrected chi connectivity index (χ4v) is 4.29. The highest BCUT2D eigenvalue weighted by atomic mass is 32.2. The molecule has 2 rings (SSSR count). The van der Waals surface area contributed by atoms with Gasteiger partial charge in [0.25, 0.3) is 0 Å². The Kier molecular flexibility index (Phi) is 5.68. The van der Waals surface area contributed by atoms with Crippen molar-refractivity contribution in [3.63, 3.8) is 0 Å². The van der Waals surface area contributed by atoms with Crippen molar-refractivity contribution in [2.24, 2.45) is 5.41 Å². The van der Waals surface area contributed by atoms with Crippen molar-refractivity contribution in [1.82, 2.24) is 9.21 Å². The Bertz CT molecular complexity index is 748. The normalized spacial score (nSPS) is 17.2. The van der Waals surface area contributed by atoms with Gasteiger partial charge in [-0.2, -0.15) is 4.31 Å². The lowest BCUT2D eigenvalue weighted by Crippen LogP contribution is -2.42. The minimum atomic E-state index is -3.63. The van der Waals surface area contributed by atoms with Gasteiger partial charge in [0.15, 0.2) is 5.78 Å². The summed E-state index contributed by atoms with van der Waals surface area (Å²) in [5, 5.41) is 0. The molecule has 1 aliphatic heterocycles. The van der Waals surface area contributed by atoms with Crippen LogP contribution < -0.4 is 0 Å². The minimum absolute atomic E-state index is 0.0394. The summed E-state index contributed by atoms with van der Waals surface area (Å²) in [5.41, 5.74) is 0.00749. The zero-order valence-electron chi connectivity index (χ0n) is 15.3. The van der Waals surface area contributed by atoms with Crippen LogP contribution in [0.3, 0.4) is 0 Å². The predicted octanol–water partition coefficient (Wildman–Crippen LogP) is 2.16. The third-order valence-corrected chi connectivity index (χ3v) is 6.20. The Balaban J connectivity index is 2.15. The first kappa shape index (κ1) is 19.6. The Morgan fingerprint density at radius 2 is 1.56 bits per heavy atom. The molecular formula is C18H26N2O4S. The van der Waals surface area contributed by atoms with Crippen LogP contribution in [0.1, 0.15) is 44.5 Å². The first-order valence-electron chi connectivity index (χ1n) is 8.44. The quantitative estimate of drug-likeness (QED) is 0.768. The number of hydrogen-bond donors (Lipinski definition) is 0. The molecule has 0 radical (unpaired) electrons. The number of rotatable bonds is 3. The van der Waals surface area contributed by atoms with Gasteiger partial charge in [0.05, 0.1) is 4.90 Å². The van der Waals surface area contributed by atoms with E-state index >= 15 is 0 Å². The molecule has 1 aliphatic rings. The molecule has 25 heavy (non-hydrogen) atoms. The fourth-order valence-electron chi connectivity index (χ4n) is 2.82. The van der Waals surface area contributed by atoms with Gasteiger partial charge in [-0.05, 0) is 25.5 Å². The molecule has 1 heterocycles. The zero-order valence-corrected chi connectivity index (χ0v) is 16.1. The molecule has 0 saturated carbocycles. The van der Waals surface area contributed by atoms with Crippen LogP contribution in [0.5, 0.6) is 0 Å². The van der Waals surface area contributed by atoms with Gasteiger partial charge in [0, 0.05) is 37.2 Å². The summed E-state index contributed by atoms with van der Waals surface area (Å²) in [7, 11) is -3.63. The van der Waals surface area contributed by atoms with E-state index in [-0.39, 0.29) is 23.1 Å². The summed E-state index contributed by atoms with van der Waals surface area (Å²) in [6, 6.07) is 6.00. The highest BCUT2D eigenvalue weighted by Crippen LogP contribution is 2.22. The van der Waals surface area contributed by atoms with E-state index in [9.17, 15) is 18.0 Å². The number of hydrogen-bond acceptors (Lipinski definition) is 4. The highest BCUT2D eigenvalue weighted by Gasteiger charge is 2.32. The maximum atomic E-state index is 12.8. The van der Waals surface area contributed by atoms with Gasteiger partial charge >= 0.3 is 0 Å². The van der Waals surface area contributed by atoms with E-state index in [0.717, 1.165) is 0 Å². The molecule has 138 valence electrons. The van der Waals surface area contributed by atoms with Crippen LogP contribution in [0.25, 0.3) is 0 Å². The van der Waals surface area contributed by atoms with Gasteiger partial charge in [0.1, 0.15) is 0 Å². The third kappa shape index (κ3) is 4.46. The SMILES string of the molecule is CC(=O)c1ccc(S(=O)(=O)N2CCCN(C(=O)C(C)(C)C)CC2)cc1. The maximum Gasteiger partial charge on any atom is 0.243 e. The number of Topliss-reactive ketones (excluding diaryl/α,β-unsaturated/α-hetero) is 1. The van der Waals surface area contributed by atoms with E-state index < -0.39 is 15.4 Å². The van der Waals surface area contributed by atoms with Crippen LogP contribution in [0.2, 0.25) is 0 Å². The van der Waals surface area contributed by atoms with Crippen LogP contribution in [0.4, 0.5) is 0 Å². The van der Waals surface area contributed by atoms with Crippen molar-refractivity contribution in [3.05, 3.63) is 29.8 Å². The lowest BCUT2D eigenvalue weighted by molar-refractivity contribution is -0.139. The molecule has 0 aliphatic carbocycles. The van der Waals surface area contributed by atoms with E-state index in [1.807, 2.05) is 20.8 Å². The maximum absolute atomic E-state index is 12.8. The topological polar surface area (TPSA) is 74.8 Å². The summed E-state index contributed by atoms with van der Waals surface area (Å²) in [6.45, 7) is 8.65. The standard InChI is InChI=1S/C18H26N2O4S/c1-14(21)15-6-8-16(9-7-15)25(23,24)20-11-5-10-19(12-13-20)17(22)18(2,3)4/h6-9H,5,10-13H2,1-4H3. The van der Waals surface area contributed by atoms with Crippen LogP contribution >= 0.6 is 0 Å². The second-order valence-electron chi connectivity index (χ2n) is 7.38. The van der Waals surface area contributed by atoms with E-state index in [1.54, 1.807) is 4.90 Å². The Labute approximate surface area is 149 Å². The molecular weight excluding hydrogens is 340 g/mol. The third-order valence-electron chi connectivity index (χ3n) is 4.28. The van der Waals surface area contributed by atoms with Gasteiger partial charge < -0.3 is 4.90 Å². The molecule has 0 atom stereocenters. The van der Waals surface area contributed by atoms with Gasteiger partial charge in [-0.3, -0.25) is 9.59 Å². The molecule has 0 unspecified atom stereocenters. The molecule has 0 N–H and O–H groups in total.